The molecule has 0 heterocycles. The highest BCUT2D eigenvalue weighted by Crippen LogP contribution is 2.25. The monoisotopic (exact) mass is 314 g/mol. The average molecular weight is 315 g/mol. The maximum absolute atomic E-state index is 11.9. The molecule has 2 rings (SSSR count). The van der Waals surface area contributed by atoms with Gasteiger partial charge >= 0.3 is 0 Å². The molecule has 5 heteroatoms. The van der Waals surface area contributed by atoms with Gasteiger partial charge in [0.2, 0.25) is 5.91 Å². The van der Waals surface area contributed by atoms with Crippen LogP contribution in [0, 0.1) is 0 Å². The largest absolute Gasteiger partial charge is 0.375 e. The average Bonchev–Trinajstić information content (AvgIpc) is 2.66. The van der Waals surface area contributed by atoms with Gasteiger partial charge in [-0.15, -0.1) is 0 Å². The van der Waals surface area contributed by atoms with Crippen LogP contribution in [0.15, 0.2) is 18.2 Å². The van der Waals surface area contributed by atoms with E-state index in [-0.39, 0.29) is 12.5 Å². The van der Waals surface area contributed by atoms with E-state index in [4.69, 9.17) is 23.2 Å². The van der Waals surface area contributed by atoms with Crippen molar-refractivity contribution in [3.05, 3.63) is 28.2 Å². The lowest BCUT2D eigenvalue weighted by Crippen LogP contribution is -2.38. The highest BCUT2D eigenvalue weighted by Gasteiger charge is 2.14. The van der Waals surface area contributed by atoms with Crippen LogP contribution in [-0.4, -0.2) is 18.5 Å². The fraction of sp³-hybridized carbons (Fsp3) is 0.533. The molecule has 0 bridgehead atoms. The number of halogens is 2. The summed E-state index contributed by atoms with van der Waals surface area (Å²) < 4.78 is 0. The quantitative estimate of drug-likeness (QED) is 0.816. The van der Waals surface area contributed by atoms with Gasteiger partial charge in [-0.1, -0.05) is 48.9 Å². The van der Waals surface area contributed by atoms with Gasteiger partial charge < -0.3 is 10.6 Å². The first-order chi connectivity index (χ1) is 9.65. The van der Waals surface area contributed by atoms with Crippen LogP contribution in [0.2, 0.25) is 10.0 Å². The highest BCUT2D eigenvalue weighted by atomic mass is 35.5. The summed E-state index contributed by atoms with van der Waals surface area (Å²) in [6.45, 7) is 0.234. The predicted molar refractivity (Wildman–Crippen MR) is 84.6 cm³/mol. The number of hydrogen-bond donors (Lipinski definition) is 2. The standard InChI is InChI=1S/C15H20Cl2N2O/c16-11-7-8-14(13(17)9-11)18-10-15(20)19-12-5-3-1-2-4-6-12/h7-9,12,18H,1-6,10H2,(H,19,20). The van der Waals surface area contributed by atoms with Crippen LogP contribution >= 0.6 is 23.2 Å². The van der Waals surface area contributed by atoms with Crippen LogP contribution in [0.5, 0.6) is 0 Å². The Balaban J connectivity index is 1.79. The molecule has 0 spiro atoms. The van der Waals surface area contributed by atoms with E-state index in [1.807, 2.05) is 0 Å². The van der Waals surface area contributed by atoms with Gasteiger partial charge in [-0.05, 0) is 31.0 Å². The second-order valence-electron chi connectivity index (χ2n) is 5.23. The van der Waals surface area contributed by atoms with Gasteiger partial charge in [0.15, 0.2) is 0 Å². The Morgan fingerprint density at radius 3 is 2.50 bits per heavy atom. The van der Waals surface area contributed by atoms with Gasteiger partial charge in [0, 0.05) is 11.1 Å². The number of rotatable bonds is 4. The van der Waals surface area contributed by atoms with Crippen molar-refractivity contribution in [1.82, 2.24) is 5.32 Å². The number of hydrogen-bond acceptors (Lipinski definition) is 2. The van der Waals surface area contributed by atoms with Crippen LogP contribution in [0.4, 0.5) is 5.69 Å². The molecular formula is C15H20Cl2N2O. The Morgan fingerprint density at radius 2 is 1.85 bits per heavy atom. The first-order valence-corrected chi connectivity index (χ1v) is 7.89. The summed E-state index contributed by atoms with van der Waals surface area (Å²) >= 11 is 11.9. The van der Waals surface area contributed by atoms with E-state index in [0.717, 1.165) is 18.5 Å². The molecule has 1 aliphatic rings. The van der Waals surface area contributed by atoms with Crippen LogP contribution in [-0.2, 0) is 4.79 Å². The van der Waals surface area contributed by atoms with E-state index in [1.165, 1.54) is 25.7 Å². The van der Waals surface area contributed by atoms with Gasteiger partial charge in [0.05, 0.1) is 17.3 Å². The first kappa shape index (κ1) is 15.5. The van der Waals surface area contributed by atoms with E-state index < -0.39 is 0 Å². The lowest BCUT2D eigenvalue weighted by atomic mass is 10.1. The molecule has 2 N–H and O–H groups in total. The molecule has 1 aromatic rings. The molecule has 20 heavy (non-hydrogen) atoms. The normalized spacial score (nSPS) is 16.5. The maximum Gasteiger partial charge on any atom is 0.239 e. The third kappa shape index (κ3) is 4.88. The minimum atomic E-state index is 0.0166. The Labute approximate surface area is 130 Å². The van der Waals surface area contributed by atoms with E-state index >= 15 is 0 Å². The van der Waals surface area contributed by atoms with Crippen molar-refractivity contribution in [2.75, 3.05) is 11.9 Å². The second-order valence-corrected chi connectivity index (χ2v) is 6.08. The Hall–Kier alpha value is -0.930. The molecule has 110 valence electrons. The fourth-order valence-corrected chi connectivity index (χ4v) is 2.99. The number of anilines is 1. The summed E-state index contributed by atoms with van der Waals surface area (Å²) in [5.41, 5.74) is 0.729. The molecule has 1 aromatic carbocycles. The molecule has 0 unspecified atom stereocenters. The van der Waals surface area contributed by atoms with Gasteiger partial charge in [-0.3, -0.25) is 4.79 Å². The number of nitrogens with one attached hydrogen (secondary N) is 2. The van der Waals surface area contributed by atoms with Crippen molar-refractivity contribution in [2.45, 2.75) is 44.6 Å². The highest BCUT2D eigenvalue weighted by molar-refractivity contribution is 6.36. The van der Waals surface area contributed by atoms with Gasteiger partial charge in [-0.25, -0.2) is 0 Å². The zero-order valence-corrected chi connectivity index (χ0v) is 12.9. The minimum absolute atomic E-state index is 0.0166. The molecule has 1 fully saturated rings. The molecule has 0 aromatic heterocycles. The summed E-state index contributed by atoms with van der Waals surface area (Å²) in [6, 6.07) is 5.52. The molecule has 0 aliphatic heterocycles. The van der Waals surface area contributed by atoms with Gasteiger partial charge in [0.1, 0.15) is 0 Å². The van der Waals surface area contributed by atoms with Crippen molar-refractivity contribution in [3.63, 3.8) is 0 Å². The van der Waals surface area contributed by atoms with E-state index in [2.05, 4.69) is 10.6 Å². The number of amides is 1. The van der Waals surface area contributed by atoms with Crippen molar-refractivity contribution < 1.29 is 4.79 Å². The second kappa shape index (κ2) is 7.75. The van der Waals surface area contributed by atoms with Crippen molar-refractivity contribution in [1.29, 1.82) is 0 Å². The molecule has 0 atom stereocenters. The Kier molecular flexibility index (Phi) is 5.99. The predicted octanol–water partition coefficient (Wildman–Crippen LogP) is 4.24. The number of benzene rings is 1. The summed E-state index contributed by atoms with van der Waals surface area (Å²) in [6.07, 6.45) is 7.17. The molecular weight excluding hydrogens is 295 g/mol. The smallest absolute Gasteiger partial charge is 0.239 e. The zero-order chi connectivity index (χ0) is 14.4. The van der Waals surface area contributed by atoms with Crippen molar-refractivity contribution >= 4 is 34.8 Å². The molecule has 0 saturated heterocycles. The summed E-state index contributed by atoms with van der Waals surface area (Å²) in [7, 11) is 0. The number of carbonyl (C=O) groups excluding carboxylic acids is 1. The third-order valence-corrected chi connectivity index (χ3v) is 4.14. The van der Waals surface area contributed by atoms with E-state index in [9.17, 15) is 4.79 Å². The molecule has 1 amide bonds. The lowest BCUT2D eigenvalue weighted by Gasteiger charge is -2.17. The number of carbonyl (C=O) groups is 1. The van der Waals surface area contributed by atoms with Crippen LogP contribution in [0.25, 0.3) is 0 Å². The minimum Gasteiger partial charge on any atom is -0.375 e. The first-order valence-electron chi connectivity index (χ1n) is 7.13. The third-order valence-electron chi connectivity index (χ3n) is 3.59. The Bertz CT molecular complexity index is 457. The van der Waals surface area contributed by atoms with Crippen LogP contribution < -0.4 is 10.6 Å². The van der Waals surface area contributed by atoms with Gasteiger partial charge in [-0.2, -0.15) is 0 Å². The summed E-state index contributed by atoms with van der Waals surface area (Å²) in [5.74, 6) is 0.0166. The zero-order valence-electron chi connectivity index (χ0n) is 11.4. The SMILES string of the molecule is O=C(CNc1ccc(Cl)cc1Cl)NC1CCCCCC1. The fourth-order valence-electron chi connectivity index (χ4n) is 2.51. The Morgan fingerprint density at radius 1 is 1.15 bits per heavy atom. The molecule has 0 radical (unpaired) electrons. The van der Waals surface area contributed by atoms with Crippen LogP contribution in [0.1, 0.15) is 38.5 Å². The topological polar surface area (TPSA) is 41.1 Å². The molecule has 1 aliphatic carbocycles. The van der Waals surface area contributed by atoms with Gasteiger partial charge in [0.25, 0.3) is 0 Å². The van der Waals surface area contributed by atoms with Crippen molar-refractivity contribution in [3.8, 4) is 0 Å². The lowest BCUT2D eigenvalue weighted by molar-refractivity contribution is -0.120. The van der Waals surface area contributed by atoms with Crippen molar-refractivity contribution in [2.24, 2.45) is 0 Å². The summed E-state index contributed by atoms with van der Waals surface area (Å²) in [4.78, 5) is 11.9. The molecule has 3 nitrogen and oxygen atoms in total. The summed E-state index contributed by atoms with van der Waals surface area (Å²) in [5, 5.41) is 7.25. The van der Waals surface area contributed by atoms with E-state index in [1.54, 1.807) is 18.2 Å². The van der Waals surface area contributed by atoms with E-state index in [0.29, 0.717) is 16.1 Å². The van der Waals surface area contributed by atoms with Crippen LogP contribution in [0.3, 0.4) is 0 Å². The molecule has 1 saturated carbocycles. The maximum atomic E-state index is 11.9.